The first-order valence-electron chi connectivity index (χ1n) is 10.5. The third-order valence-electron chi connectivity index (χ3n) is 4.81. The van der Waals surface area contributed by atoms with Crippen LogP contribution in [0.5, 0.6) is 17.2 Å². The SMILES string of the molecule is COc1ccc(OC(C)c2nnc(SCCOc3ccc(Cl)cc3)n2-c2ccccc2)cc1. The van der Waals surface area contributed by atoms with E-state index in [2.05, 4.69) is 10.2 Å². The molecule has 3 aromatic carbocycles. The minimum Gasteiger partial charge on any atom is -0.497 e. The first kappa shape index (κ1) is 23.0. The fraction of sp³-hybridized carbons (Fsp3) is 0.200. The number of aromatic nitrogens is 3. The summed E-state index contributed by atoms with van der Waals surface area (Å²) in [7, 11) is 1.64. The molecular formula is C25H24ClN3O3S. The predicted octanol–water partition coefficient (Wildman–Crippen LogP) is 6.24. The number of nitrogens with zero attached hydrogens (tertiary/aromatic N) is 3. The van der Waals surface area contributed by atoms with Gasteiger partial charge in [-0.3, -0.25) is 4.57 Å². The third-order valence-corrected chi connectivity index (χ3v) is 5.95. The molecule has 0 saturated carbocycles. The van der Waals surface area contributed by atoms with Crippen molar-refractivity contribution in [3.63, 3.8) is 0 Å². The van der Waals surface area contributed by atoms with Gasteiger partial charge in [-0.05, 0) is 67.6 Å². The van der Waals surface area contributed by atoms with Gasteiger partial charge in [0, 0.05) is 16.5 Å². The maximum Gasteiger partial charge on any atom is 0.196 e. The molecule has 0 bridgehead atoms. The van der Waals surface area contributed by atoms with Crippen LogP contribution < -0.4 is 14.2 Å². The Morgan fingerprint density at radius 3 is 2.24 bits per heavy atom. The average Bonchev–Trinajstić information content (AvgIpc) is 3.28. The van der Waals surface area contributed by atoms with E-state index < -0.39 is 0 Å². The summed E-state index contributed by atoms with van der Waals surface area (Å²) < 4.78 is 19.2. The first-order valence-corrected chi connectivity index (χ1v) is 11.8. The molecule has 0 N–H and O–H groups in total. The van der Waals surface area contributed by atoms with Crippen LogP contribution in [0.15, 0.2) is 84.0 Å². The molecule has 0 amide bonds. The van der Waals surface area contributed by atoms with E-state index in [4.69, 9.17) is 25.8 Å². The van der Waals surface area contributed by atoms with Crippen molar-refractivity contribution < 1.29 is 14.2 Å². The number of hydrogen-bond acceptors (Lipinski definition) is 6. The van der Waals surface area contributed by atoms with Crippen molar-refractivity contribution in [3.8, 4) is 22.9 Å². The lowest BCUT2D eigenvalue weighted by molar-refractivity contribution is 0.213. The van der Waals surface area contributed by atoms with Crippen LogP contribution in [-0.4, -0.2) is 34.2 Å². The molecule has 0 fully saturated rings. The maximum atomic E-state index is 6.14. The highest BCUT2D eigenvalue weighted by atomic mass is 35.5. The maximum absolute atomic E-state index is 6.14. The summed E-state index contributed by atoms with van der Waals surface area (Å²) in [6, 6.07) is 24.9. The zero-order valence-corrected chi connectivity index (χ0v) is 19.9. The van der Waals surface area contributed by atoms with Crippen molar-refractivity contribution in [3.05, 3.63) is 89.7 Å². The van der Waals surface area contributed by atoms with Crippen LogP contribution in [0.2, 0.25) is 5.02 Å². The van der Waals surface area contributed by atoms with Gasteiger partial charge in [-0.15, -0.1) is 10.2 Å². The Morgan fingerprint density at radius 1 is 0.879 bits per heavy atom. The van der Waals surface area contributed by atoms with Crippen molar-refractivity contribution >= 4 is 23.4 Å². The summed E-state index contributed by atoms with van der Waals surface area (Å²) in [6.45, 7) is 2.49. The minimum atomic E-state index is -0.314. The number of benzene rings is 3. The fourth-order valence-electron chi connectivity index (χ4n) is 3.19. The summed E-state index contributed by atoms with van der Waals surface area (Å²) in [5.41, 5.74) is 0.976. The molecular weight excluding hydrogens is 458 g/mol. The highest BCUT2D eigenvalue weighted by molar-refractivity contribution is 7.99. The molecule has 170 valence electrons. The van der Waals surface area contributed by atoms with E-state index in [-0.39, 0.29) is 6.10 Å². The molecule has 1 aromatic heterocycles. The second kappa shape index (κ2) is 11.1. The lowest BCUT2D eigenvalue weighted by Crippen LogP contribution is -2.11. The quantitative estimate of drug-likeness (QED) is 0.197. The summed E-state index contributed by atoms with van der Waals surface area (Å²) >= 11 is 7.51. The van der Waals surface area contributed by atoms with Crippen LogP contribution in [0.3, 0.4) is 0 Å². The van der Waals surface area contributed by atoms with Crippen molar-refractivity contribution in [2.24, 2.45) is 0 Å². The van der Waals surface area contributed by atoms with E-state index in [1.807, 2.05) is 90.4 Å². The Morgan fingerprint density at radius 2 is 1.55 bits per heavy atom. The zero-order valence-electron chi connectivity index (χ0n) is 18.3. The van der Waals surface area contributed by atoms with Gasteiger partial charge in [0.25, 0.3) is 0 Å². The van der Waals surface area contributed by atoms with E-state index in [9.17, 15) is 0 Å². The predicted molar refractivity (Wildman–Crippen MR) is 131 cm³/mol. The summed E-state index contributed by atoms with van der Waals surface area (Å²) in [5, 5.41) is 10.4. The molecule has 1 atom stereocenters. The Labute approximate surface area is 202 Å². The molecule has 8 heteroatoms. The lowest BCUT2D eigenvalue weighted by Gasteiger charge is -2.17. The molecule has 0 spiro atoms. The monoisotopic (exact) mass is 481 g/mol. The minimum absolute atomic E-state index is 0.314. The molecule has 0 radical (unpaired) electrons. The number of hydrogen-bond donors (Lipinski definition) is 0. The Balaban J connectivity index is 1.48. The summed E-state index contributed by atoms with van der Waals surface area (Å²) in [4.78, 5) is 0. The largest absolute Gasteiger partial charge is 0.497 e. The van der Waals surface area contributed by atoms with Crippen molar-refractivity contribution in [2.45, 2.75) is 18.2 Å². The Hall–Kier alpha value is -3.16. The summed E-state index contributed by atoms with van der Waals surface area (Å²) in [6.07, 6.45) is -0.314. The number of halogens is 1. The van der Waals surface area contributed by atoms with Crippen LogP contribution in [0.25, 0.3) is 5.69 Å². The molecule has 4 aromatic rings. The highest BCUT2D eigenvalue weighted by Crippen LogP contribution is 2.28. The van der Waals surface area contributed by atoms with E-state index in [0.717, 1.165) is 33.9 Å². The van der Waals surface area contributed by atoms with Gasteiger partial charge in [0.05, 0.1) is 13.7 Å². The smallest absolute Gasteiger partial charge is 0.196 e. The second-order valence-corrected chi connectivity index (χ2v) is 8.60. The van der Waals surface area contributed by atoms with Gasteiger partial charge in [0.15, 0.2) is 17.1 Å². The number of thioether (sulfide) groups is 1. The molecule has 0 aliphatic rings. The van der Waals surface area contributed by atoms with Crippen LogP contribution in [0.1, 0.15) is 18.9 Å². The van der Waals surface area contributed by atoms with Gasteiger partial charge >= 0.3 is 0 Å². The van der Waals surface area contributed by atoms with Gasteiger partial charge < -0.3 is 14.2 Å². The molecule has 4 rings (SSSR count). The van der Waals surface area contributed by atoms with E-state index in [1.165, 1.54) is 0 Å². The van der Waals surface area contributed by atoms with Crippen LogP contribution in [0, 0.1) is 0 Å². The molecule has 0 aliphatic carbocycles. The van der Waals surface area contributed by atoms with Crippen molar-refractivity contribution in [1.29, 1.82) is 0 Å². The van der Waals surface area contributed by atoms with E-state index in [1.54, 1.807) is 18.9 Å². The Kier molecular flexibility index (Phi) is 7.75. The van der Waals surface area contributed by atoms with Crippen molar-refractivity contribution in [1.82, 2.24) is 14.8 Å². The summed E-state index contributed by atoms with van der Waals surface area (Å²) in [5.74, 6) is 3.73. The second-order valence-electron chi connectivity index (χ2n) is 7.10. The molecule has 1 heterocycles. The fourth-order valence-corrected chi connectivity index (χ4v) is 4.09. The standard InChI is InChI=1S/C25H24ClN3O3S/c1-18(32-23-14-12-21(30-2)13-15-23)24-27-28-25(29(24)20-6-4-3-5-7-20)33-17-16-31-22-10-8-19(26)9-11-22/h3-15,18H,16-17H2,1-2H3. The molecule has 0 saturated heterocycles. The zero-order chi connectivity index (χ0) is 23.0. The van der Waals surface area contributed by atoms with E-state index in [0.29, 0.717) is 17.4 Å². The number of rotatable bonds is 10. The highest BCUT2D eigenvalue weighted by Gasteiger charge is 2.21. The third kappa shape index (κ3) is 6.00. The molecule has 6 nitrogen and oxygen atoms in total. The van der Waals surface area contributed by atoms with Crippen LogP contribution in [-0.2, 0) is 0 Å². The lowest BCUT2D eigenvalue weighted by atomic mass is 10.3. The normalized spacial score (nSPS) is 11.7. The number of methoxy groups -OCH3 is 1. The molecule has 0 aliphatic heterocycles. The van der Waals surface area contributed by atoms with Crippen LogP contribution in [0.4, 0.5) is 0 Å². The van der Waals surface area contributed by atoms with E-state index >= 15 is 0 Å². The van der Waals surface area contributed by atoms with Gasteiger partial charge in [0.1, 0.15) is 17.2 Å². The van der Waals surface area contributed by atoms with Crippen molar-refractivity contribution in [2.75, 3.05) is 19.5 Å². The number of ether oxygens (including phenoxy) is 3. The molecule has 1 unspecified atom stereocenters. The van der Waals surface area contributed by atoms with Gasteiger partial charge in [-0.25, -0.2) is 0 Å². The topological polar surface area (TPSA) is 58.4 Å². The Bertz CT molecular complexity index is 1150. The molecule has 33 heavy (non-hydrogen) atoms. The first-order chi connectivity index (χ1) is 16.1. The van der Waals surface area contributed by atoms with Crippen LogP contribution >= 0.6 is 23.4 Å². The van der Waals surface area contributed by atoms with Gasteiger partial charge in [0.2, 0.25) is 0 Å². The van der Waals surface area contributed by atoms with Gasteiger partial charge in [-0.2, -0.15) is 0 Å². The average molecular weight is 482 g/mol. The number of para-hydroxylation sites is 1. The van der Waals surface area contributed by atoms with Gasteiger partial charge in [-0.1, -0.05) is 41.6 Å².